The van der Waals surface area contributed by atoms with Crippen LogP contribution in [0.25, 0.3) is 0 Å². The lowest BCUT2D eigenvalue weighted by Gasteiger charge is -2.30. The first-order chi connectivity index (χ1) is 34.1. The van der Waals surface area contributed by atoms with Gasteiger partial charge in [0.25, 0.3) is 5.91 Å². The van der Waals surface area contributed by atoms with Crippen LogP contribution in [0.4, 0.5) is 0 Å². The third-order valence-electron chi connectivity index (χ3n) is 11.0. The monoisotopic (exact) mass is 1040 g/mol. The Hall–Kier alpha value is -4.92. The zero-order valence-electron chi connectivity index (χ0n) is 42.1. The Morgan fingerprint density at radius 2 is 1.21 bits per heavy atom. The molecule has 0 saturated carbocycles. The van der Waals surface area contributed by atoms with Gasteiger partial charge >= 0.3 is 0 Å². The Balaban J connectivity index is 5.71. The molecule has 0 aromatic heterocycles. The van der Waals surface area contributed by atoms with Crippen molar-refractivity contribution in [3.63, 3.8) is 0 Å². The lowest BCUT2D eigenvalue weighted by atomic mass is 9.99. The molecule has 29 nitrogen and oxygen atoms in total. The van der Waals surface area contributed by atoms with Crippen molar-refractivity contribution in [3.8, 4) is 0 Å². The largest absolute Gasteiger partial charge is 0.394 e. The van der Waals surface area contributed by atoms with Crippen LogP contribution >= 0.6 is 0 Å². The molecule has 0 aliphatic heterocycles. The SMILES string of the molecule is CNC[C@H](NC(=O)C[C@@H](O)C[C@@H](O)[C@H](CO)NC(=O)[C@H](NC(=O)[C@H](CNC)NC(=O)[C@@H](C)NC(=O)[C@H](O)[C@@H](O)C[C@H](O)CCCCN)[C@H](N)CCCN=C(N)N)C(=O)NCC(=O)NCCCNCCCCN. The summed E-state index contributed by atoms with van der Waals surface area (Å²) in [5.41, 5.74) is 28.1. The number of aliphatic hydroxyl groups excluding tert-OH is 6. The molecule has 418 valence electrons. The normalized spacial score (nSPS) is 15.9. The van der Waals surface area contributed by atoms with E-state index >= 15 is 0 Å². The van der Waals surface area contributed by atoms with E-state index in [1.54, 1.807) is 0 Å². The van der Waals surface area contributed by atoms with E-state index < -0.39 is 128 Å². The molecule has 11 atom stereocenters. The van der Waals surface area contributed by atoms with Crippen molar-refractivity contribution in [2.45, 2.75) is 144 Å². The first kappa shape index (κ1) is 67.1. The standard InChI is InChI=1S/C43H88N16O13/c1-25(55-42(72)37(67)33(64)18-26(61)10-4-5-12-44)38(68)57-30(22-50-3)40(70)59-36(28(46)11-8-16-53-43(47)48)41(71)58-31(24-60)32(63)19-27(62)20-34(65)56-29(21-49-2)39(69)54-23-35(66)52-17-9-15-51-14-7-6-13-45/h25-33,36-37,49-51,60-64,67H,4-24,44-46H2,1-3H3,(H,52,66)(H,54,69)(H,55,72)(H,56,65)(H,57,68)(H,58,71)(H,59,70)(H4,47,48,53)/t25-,26-,27+,28-,29+,30+,31+,32-,33+,36-,37-/m1/s1. The first-order valence-corrected chi connectivity index (χ1v) is 24.4. The maximum atomic E-state index is 13.8. The number of carbonyl (C=O) groups is 7. The van der Waals surface area contributed by atoms with Crippen LogP contribution in [0.1, 0.15) is 77.6 Å². The molecule has 0 aliphatic carbocycles. The highest BCUT2D eigenvalue weighted by molar-refractivity contribution is 5.95. The molecule has 0 aromatic rings. The van der Waals surface area contributed by atoms with Crippen molar-refractivity contribution in [2.75, 3.05) is 79.6 Å². The van der Waals surface area contributed by atoms with Gasteiger partial charge in [-0.25, -0.2) is 0 Å². The molecule has 0 unspecified atom stereocenters. The van der Waals surface area contributed by atoms with Gasteiger partial charge in [-0.15, -0.1) is 0 Å². The Labute approximate surface area is 421 Å². The number of hydrogen-bond acceptors (Lipinski definition) is 20. The molecular formula is C43H88N16O13. The summed E-state index contributed by atoms with van der Waals surface area (Å²) in [6, 6.07) is -8.18. The van der Waals surface area contributed by atoms with E-state index in [4.69, 9.17) is 28.7 Å². The first-order valence-electron chi connectivity index (χ1n) is 24.4. The van der Waals surface area contributed by atoms with Crippen LogP contribution in [0.5, 0.6) is 0 Å². The predicted octanol–water partition coefficient (Wildman–Crippen LogP) is -9.70. The van der Waals surface area contributed by atoms with E-state index in [1.165, 1.54) is 21.0 Å². The Kier molecular flexibility index (Phi) is 36.9. The number of nitrogens with one attached hydrogen (secondary N) is 10. The van der Waals surface area contributed by atoms with Crippen LogP contribution in [0.2, 0.25) is 0 Å². The number of rotatable bonds is 42. The lowest BCUT2D eigenvalue weighted by Crippen LogP contribution is -2.63. The topological polar surface area (TPSA) is 504 Å². The van der Waals surface area contributed by atoms with Gasteiger partial charge in [0.05, 0.1) is 50.0 Å². The van der Waals surface area contributed by atoms with Gasteiger partial charge in [0.1, 0.15) is 24.2 Å². The maximum absolute atomic E-state index is 13.8. The number of aliphatic hydroxyl groups is 6. The minimum Gasteiger partial charge on any atom is -0.394 e. The van der Waals surface area contributed by atoms with Crippen molar-refractivity contribution in [2.24, 2.45) is 33.7 Å². The number of nitrogens with zero attached hydrogens (tertiary/aromatic N) is 1. The van der Waals surface area contributed by atoms with Crippen LogP contribution in [0.3, 0.4) is 0 Å². The van der Waals surface area contributed by atoms with E-state index in [0.717, 1.165) is 19.4 Å². The van der Waals surface area contributed by atoms with Gasteiger partial charge in [0, 0.05) is 45.1 Å². The molecule has 72 heavy (non-hydrogen) atoms. The predicted molar refractivity (Wildman–Crippen MR) is 267 cm³/mol. The average molecular weight is 1040 g/mol. The molecule has 0 heterocycles. The second-order valence-corrected chi connectivity index (χ2v) is 17.4. The van der Waals surface area contributed by atoms with Gasteiger partial charge < -0.3 is 112 Å². The molecular weight excluding hydrogens is 949 g/mol. The molecule has 0 rings (SSSR count). The van der Waals surface area contributed by atoms with Crippen molar-refractivity contribution in [3.05, 3.63) is 0 Å². The fraction of sp³-hybridized carbons (Fsp3) is 0.814. The fourth-order valence-corrected chi connectivity index (χ4v) is 6.88. The van der Waals surface area contributed by atoms with E-state index in [2.05, 4.69) is 58.2 Å². The summed E-state index contributed by atoms with van der Waals surface area (Å²) in [7, 11) is 2.99. The van der Waals surface area contributed by atoms with Gasteiger partial charge in [-0.2, -0.15) is 0 Å². The van der Waals surface area contributed by atoms with Crippen LogP contribution in [-0.4, -0.2) is 224 Å². The minimum absolute atomic E-state index is 0.0363. The second kappa shape index (κ2) is 39.6. The molecule has 0 bridgehead atoms. The van der Waals surface area contributed by atoms with Crippen LogP contribution < -0.4 is 81.8 Å². The maximum Gasteiger partial charge on any atom is 0.252 e. The molecule has 0 saturated heterocycles. The van der Waals surface area contributed by atoms with E-state index in [9.17, 15) is 64.2 Å². The highest BCUT2D eigenvalue weighted by Gasteiger charge is 2.35. The summed E-state index contributed by atoms with van der Waals surface area (Å²) in [5, 5.41) is 88.7. The Morgan fingerprint density at radius 3 is 1.82 bits per heavy atom. The van der Waals surface area contributed by atoms with Gasteiger partial charge in [-0.1, -0.05) is 0 Å². The number of carbonyl (C=O) groups excluding carboxylic acids is 7. The summed E-state index contributed by atoms with van der Waals surface area (Å²) in [5.74, 6) is -6.11. The highest BCUT2D eigenvalue weighted by atomic mass is 16.3. The number of likely N-dealkylation sites (N-methyl/N-ethyl adjacent to an activating group) is 2. The Bertz CT molecular complexity index is 1620. The Morgan fingerprint density at radius 1 is 0.597 bits per heavy atom. The number of amides is 7. The van der Waals surface area contributed by atoms with Crippen molar-refractivity contribution in [1.29, 1.82) is 0 Å². The van der Waals surface area contributed by atoms with Crippen LogP contribution in [0.15, 0.2) is 4.99 Å². The molecule has 0 aliphatic rings. The smallest absolute Gasteiger partial charge is 0.252 e. The van der Waals surface area contributed by atoms with Crippen molar-refractivity contribution in [1.82, 2.24) is 53.2 Å². The van der Waals surface area contributed by atoms with E-state index in [0.29, 0.717) is 45.4 Å². The zero-order chi connectivity index (χ0) is 54.6. The minimum atomic E-state index is -2.01. The summed E-state index contributed by atoms with van der Waals surface area (Å²) >= 11 is 0. The number of aliphatic imine (C=N–C) groups is 1. The van der Waals surface area contributed by atoms with E-state index in [1.807, 2.05) is 0 Å². The number of hydrogen-bond donors (Lipinski definition) is 21. The van der Waals surface area contributed by atoms with Gasteiger partial charge in [-0.05, 0) is 98.6 Å². The van der Waals surface area contributed by atoms with Crippen molar-refractivity contribution >= 4 is 47.3 Å². The van der Waals surface area contributed by atoms with Gasteiger partial charge in [0.15, 0.2) is 12.1 Å². The number of unbranched alkanes of at least 4 members (excludes halogenated alkanes) is 2. The lowest BCUT2D eigenvalue weighted by molar-refractivity contribution is -0.140. The fourth-order valence-electron chi connectivity index (χ4n) is 6.88. The van der Waals surface area contributed by atoms with Gasteiger partial charge in [0.2, 0.25) is 35.4 Å². The number of guanidine groups is 1. The summed E-state index contributed by atoms with van der Waals surface area (Å²) in [6.45, 7) is 2.75. The third-order valence-corrected chi connectivity index (χ3v) is 11.0. The molecule has 0 fully saturated rings. The molecule has 0 radical (unpaired) electrons. The summed E-state index contributed by atoms with van der Waals surface area (Å²) in [6.07, 6.45) is -5.18. The van der Waals surface area contributed by atoms with E-state index in [-0.39, 0.29) is 57.8 Å². The molecule has 0 aromatic carbocycles. The molecule has 29 heteroatoms. The summed E-state index contributed by atoms with van der Waals surface area (Å²) < 4.78 is 0. The van der Waals surface area contributed by atoms with Crippen LogP contribution in [0, 0.1) is 0 Å². The highest BCUT2D eigenvalue weighted by Crippen LogP contribution is 2.11. The zero-order valence-corrected chi connectivity index (χ0v) is 42.1. The third kappa shape index (κ3) is 30.2. The molecule has 26 N–H and O–H groups in total. The molecule has 0 spiro atoms. The van der Waals surface area contributed by atoms with Crippen LogP contribution in [-0.2, 0) is 33.6 Å². The number of nitrogens with two attached hydrogens (primary N) is 5. The van der Waals surface area contributed by atoms with Gasteiger partial charge in [-0.3, -0.25) is 38.6 Å². The van der Waals surface area contributed by atoms with Crippen molar-refractivity contribution < 1.29 is 64.2 Å². The molecule has 7 amide bonds. The summed E-state index contributed by atoms with van der Waals surface area (Å²) in [4.78, 5) is 95.4. The quantitative estimate of drug-likeness (QED) is 0.0153. The average Bonchev–Trinajstić information content (AvgIpc) is 3.32. The second-order valence-electron chi connectivity index (χ2n) is 17.4.